The largest absolute Gasteiger partial charge is 0.365 e. The molecule has 2 saturated heterocycles. The molecule has 5 nitrogen and oxygen atoms in total. The molecular weight excluding hydrogens is 360 g/mol. The second-order valence-corrected chi connectivity index (χ2v) is 8.83. The van der Waals surface area contributed by atoms with Crippen LogP contribution in [0.5, 0.6) is 0 Å². The lowest BCUT2D eigenvalue weighted by atomic mass is 9.79. The van der Waals surface area contributed by atoms with Gasteiger partial charge in [0.25, 0.3) is 5.91 Å². The van der Waals surface area contributed by atoms with Gasteiger partial charge in [-0.15, -0.1) is 0 Å². The number of pyridine rings is 1. The standard InChI is InChI=1S/C24H32N4O/c1-19-10-11-21(22(25)29)23(26-19)28-16-13-24(18-28)12-6-15-27(17-24)14-5-9-20-7-3-2-4-8-20/h2-4,7-8,10-11H,5-6,9,12-18H2,1H3,(H2,25,29)/t24-/m0/s1. The van der Waals surface area contributed by atoms with Crippen LogP contribution in [0.1, 0.15) is 47.3 Å². The summed E-state index contributed by atoms with van der Waals surface area (Å²) in [7, 11) is 0. The van der Waals surface area contributed by atoms with Crippen molar-refractivity contribution in [3.8, 4) is 0 Å². The van der Waals surface area contributed by atoms with Gasteiger partial charge in [-0.2, -0.15) is 0 Å². The number of primary amides is 1. The van der Waals surface area contributed by atoms with E-state index in [1.165, 1.54) is 31.4 Å². The molecule has 1 spiro atoms. The fraction of sp³-hybridized carbons (Fsp3) is 0.500. The van der Waals surface area contributed by atoms with Gasteiger partial charge in [0.2, 0.25) is 0 Å². The molecule has 0 bridgehead atoms. The Hall–Kier alpha value is -2.40. The number of anilines is 1. The maximum Gasteiger partial charge on any atom is 0.252 e. The Labute approximate surface area is 173 Å². The summed E-state index contributed by atoms with van der Waals surface area (Å²) in [6.45, 7) is 7.40. The molecule has 3 heterocycles. The monoisotopic (exact) mass is 392 g/mol. The molecule has 0 unspecified atom stereocenters. The van der Waals surface area contributed by atoms with E-state index in [9.17, 15) is 4.79 Å². The van der Waals surface area contributed by atoms with Crippen LogP contribution >= 0.6 is 0 Å². The van der Waals surface area contributed by atoms with E-state index in [1.54, 1.807) is 0 Å². The SMILES string of the molecule is Cc1ccc(C(N)=O)c(N2CC[C@]3(CCCN(CCCc4ccccc4)C3)C2)n1. The van der Waals surface area contributed by atoms with Gasteiger partial charge in [-0.25, -0.2) is 4.98 Å². The van der Waals surface area contributed by atoms with Crippen molar-refractivity contribution in [3.05, 3.63) is 59.3 Å². The predicted molar refractivity (Wildman–Crippen MR) is 117 cm³/mol. The van der Waals surface area contributed by atoms with E-state index in [0.29, 0.717) is 11.0 Å². The zero-order valence-electron chi connectivity index (χ0n) is 17.4. The number of hydrogen-bond acceptors (Lipinski definition) is 4. The molecule has 29 heavy (non-hydrogen) atoms. The smallest absolute Gasteiger partial charge is 0.252 e. The van der Waals surface area contributed by atoms with Crippen LogP contribution in [0.4, 0.5) is 5.82 Å². The van der Waals surface area contributed by atoms with Crippen LogP contribution in [0.3, 0.4) is 0 Å². The third kappa shape index (κ3) is 4.61. The second kappa shape index (κ2) is 8.54. The van der Waals surface area contributed by atoms with Crippen molar-refractivity contribution in [2.45, 2.75) is 39.0 Å². The first kappa shape index (κ1) is 19.9. The zero-order valence-corrected chi connectivity index (χ0v) is 17.4. The van der Waals surface area contributed by atoms with Gasteiger partial charge in [-0.3, -0.25) is 4.79 Å². The number of benzene rings is 1. The predicted octanol–water partition coefficient (Wildman–Crippen LogP) is 3.41. The fourth-order valence-corrected chi connectivity index (χ4v) is 5.08. The first-order valence-electron chi connectivity index (χ1n) is 10.8. The summed E-state index contributed by atoms with van der Waals surface area (Å²) in [5.74, 6) is 0.384. The van der Waals surface area contributed by atoms with Gasteiger partial charge >= 0.3 is 0 Å². The molecule has 0 radical (unpaired) electrons. The van der Waals surface area contributed by atoms with Crippen LogP contribution < -0.4 is 10.6 Å². The Morgan fingerprint density at radius 2 is 1.93 bits per heavy atom. The minimum atomic E-state index is -0.389. The van der Waals surface area contributed by atoms with Crippen molar-refractivity contribution in [2.24, 2.45) is 11.1 Å². The summed E-state index contributed by atoms with van der Waals surface area (Å²) in [6, 6.07) is 14.5. The molecule has 2 aromatic rings. The molecule has 2 aliphatic rings. The summed E-state index contributed by atoms with van der Waals surface area (Å²) < 4.78 is 0. The number of aryl methyl sites for hydroxylation is 2. The van der Waals surface area contributed by atoms with Crippen molar-refractivity contribution >= 4 is 11.7 Å². The Balaban J connectivity index is 1.38. The van der Waals surface area contributed by atoms with Crippen molar-refractivity contribution in [2.75, 3.05) is 37.6 Å². The maximum atomic E-state index is 11.9. The van der Waals surface area contributed by atoms with E-state index in [4.69, 9.17) is 5.73 Å². The van der Waals surface area contributed by atoms with Crippen LogP contribution in [0, 0.1) is 12.3 Å². The number of rotatable bonds is 6. The van der Waals surface area contributed by atoms with Gasteiger partial charge < -0.3 is 15.5 Å². The highest BCUT2D eigenvalue weighted by molar-refractivity contribution is 5.97. The zero-order chi connectivity index (χ0) is 20.3. The topological polar surface area (TPSA) is 62.5 Å². The number of likely N-dealkylation sites (tertiary alicyclic amines) is 1. The van der Waals surface area contributed by atoms with Gasteiger partial charge in [0.05, 0.1) is 5.56 Å². The van der Waals surface area contributed by atoms with Gasteiger partial charge in [0.15, 0.2) is 0 Å². The highest BCUT2D eigenvalue weighted by Crippen LogP contribution is 2.41. The molecule has 1 amide bonds. The molecule has 0 aliphatic carbocycles. The van der Waals surface area contributed by atoms with Crippen molar-refractivity contribution < 1.29 is 4.79 Å². The maximum absolute atomic E-state index is 11.9. The number of hydrogen-bond donors (Lipinski definition) is 1. The average Bonchev–Trinajstić information content (AvgIpc) is 3.11. The summed E-state index contributed by atoms with van der Waals surface area (Å²) in [5, 5.41) is 0. The molecule has 4 rings (SSSR count). The lowest BCUT2D eigenvalue weighted by Gasteiger charge is -2.40. The molecule has 2 fully saturated rings. The molecule has 1 aromatic carbocycles. The van der Waals surface area contributed by atoms with Crippen LogP contribution in [0.2, 0.25) is 0 Å². The fourth-order valence-electron chi connectivity index (χ4n) is 5.08. The summed E-state index contributed by atoms with van der Waals surface area (Å²) >= 11 is 0. The van der Waals surface area contributed by atoms with Gasteiger partial charge in [0.1, 0.15) is 5.82 Å². The molecule has 1 aromatic heterocycles. The van der Waals surface area contributed by atoms with Crippen LogP contribution in [0.25, 0.3) is 0 Å². The van der Waals surface area contributed by atoms with E-state index in [0.717, 1.165) is 50.5 Å². The number of aromatic nitrogens is 1. The van der Waals surface area contributed by atoms with E-state index < -0.39 is 0 Å². The second-order valence-electron chi connectivity index (χ2n) is 8.83. The molecule has 154 valence electrons. The molecule has 5 heteroatoms. The third-order valence-corrected chi connectivity index (χ3v) is 6.54. The minimum absolute atomic E-state index is 0.311. The highest BCUT2D eigenvalue weighted by atomic mass is 16.1. The summed E-state index contributed by atoms with van der Waals surface area (Å²) in [4.78, 5) is 21.5. The molecule has 1 atom stereocenters. The van der Waals surface area contributed by atoms with Gasteiger partial charge in [0, 0.05) is 30.7 Å². The minimum Gasteiger partial charge on any atom is -0.365 e. The van der Waals surface area contributed by atoms with Gasteiger partial charge in [-0.1, -0.05) is 30.3 Å². The molecule has 0 saturated carbocycles. The van der Waals surface area contributed by atoms with E-state index >= 15 is 0 Å². The van der Waals surface area contributed by atoms with Crippen molar-refractivity contribution in [3.63, 3.8) is 0 Å². The van der Waals surface area contributed by atoms with Crippen LogP contribution in [-0.2, 0) is 6.42 Å². The van der Waals surface area contributed by atoms with Crippen LogP contribution in [-0.4, -0.2) is 48.5 Å². The van der Waals surface area contributed by atoms with Crippen molar-refractivity contribution in [1.82, 2.24) is 9.88 Å². The molecule has 2 N–H and O–H groups in total. The third-order valence-electron chi connectivity index (χ3n) is 6.54. The first-order valence-corrected chi connectivity index (χ1v) is 10.8. The Morgan fingerprint density at radius 3 is 2.72 bits per heavy atom. The summed E-state index contributed by atoms with van der Waals surface area (Å²) in [6.07, 6.45) is 6.02. The molecule has 2 aliphatic heterocycles. The number of carbonyl (C=O) groups excluding carboxylic acids is 1. The van der Waals surface area contributed by atoms with E-state index in [2.05, 4.69) is 45.1 Å². The Morgan fingerprint density at radius 1 is 1.10 bits per heavy atom. The lowest BCUT2D eigenvalue weighted by molar-refractivity contribution is 0.0998. The Bertz CT molecular complexity index is 853. The van der Waals surface area contributed by atoms with Crippen LogP contribution in [0.15, 0.2) is 42.5 Å². The summed E-state index contributed by atoms with van der Waals surface area (Å²) in [5.41, 5.74) is 8.82. The van der Waals surface area contributed by atoms with Gasteiger partial charge in [-0.05, 0) is 69.8 Å². The Kier molecular flexibility index (Phi) is 5.86. The number of amides is 1. The highest BCUT2D eigenvalue weighted by Gasteiger charge is 2.42. The average molecular weight is 393 g/mol. The lowest BCUT2D eigenvalue weighted by Crippen LogP contribution is -2.45. The number of nitrogens with zero attached hydrogens (tertiary/aromatic N) is 3. The normalized spacial score (nSPS) is 22.3. The first-order chi connectivity index (χ1) is 14.0. The number of nitrogens with two attached hydrogens (primary N) is 1. The molecular formula is C24H32N4O. The number of carbonyl (C=O) groups is 1. The number of piperidine rings is 1. The van der Waals surface area contributed by atoms with E-state index in [-0.39, 0.29) is 5.91 Å². The quantitative estimate of drug-likeness (QED) is 0.818. The van der Waals surface area contributed by atoms with Crippen molar-refractivity contribution in [1.29, 1.82) is 0 Å². The van der Waals surface area contributed by atoms with E-state index in [1.807, 2.05) is 19.1 Å².